The van der Waals surface area contributed by atoms with E-state index in [1.165, 1.54) is 36.0 Å². The Labute approximate surface area is 229 Å². The lowest BCUT2D eigenvalue weighted by Gasteiger charge is -2.11. The van der Waals surface area contributed by atoms with Crippen molar-refractivity contribution in [1.29, 1.82) is 0 Å². The van der Waals surface area contributed by atoms with Gasteiger partial charge in [0.2, 0.25) is 5.91 Å². The number of anilines is 1. The number of methoxy groups -OCH3 is 1. The number of carbonyl (C=O) groups excluding carboxylic acids is 2. The first-order valence-corrected chi connectivity index (χ1v) is 12.9. The molecule has 38 heavy (non-hydrogen) atoms. The molecule has 0 saturated carbocycles. The van der Waals surface area contributed by atoms with Crippen molar-refractivity contribution >= 4 is 50.9 Å². The Balaban J connectivity index is 1.47. The third-order valence-electron chi connectivity index (χ3n) is 5.24. The third kappa shape index (κ3) is 6.75. The van der Waals surface area contributed by atoms with Gasteiger partial charge in [-0.05, 0) is 60.7 Å². The van der Waals surface area contributed by atoms with Crippen molar-refractivity contribution in [3.05, 3.63) is 98.8 Å². The van der Waals surface area contributed by atoms with Crippen molar-refractivity contribution in [3.8, 4) is 11.4 Å². The molecule has 4 rings (SSSR count). The number of carbonyl (C=O) groups is 2. The van der Waals surface area contributed by atoms with Gasteiger partial charge >= 0.3 is 0 Å². The summed E-state index contributed by atoms with van der Waals surface area (Å²) in [7, 11) is 1.57. The number of benzene rings is 3. The number of nitrogens with zero attached hydrogens (tertiary/aromatic N) is 4. The molecule has 0 aliphatic heterocycles. The largest absolute Gasteiger partial charge is 0.497 e. The first-order valence-electron chi connectivity index (χ1n) is 11.1. The summed E-state index contributed by atoms with van der Waals surface area (Å²) >= 11 is 4.62. The molecular formula is C25H21BrN6O5S. The molecule has 0 bridgehead atoms. The van der Waals surface area contributed by atoms with Crippen LogP contribution in [0.2, 0.25) is 0 Å². The molecule has 2 N–H and O–H groups in total. The molecule has 4 aromatic rings. The number of rotatable bonds is 10. The third-order valence-corrected chi connectivity index (χ3v) is 6.70. The maximum absolute atomic E-state index is 12.6. The zero-order valence-corrected chi connectivity index (χ0v) is 22.4. The lowest BCUT2D eigenvalue weighted by molar-refractivity contribution is -0.384. The quantitative estimate of drug-likeness (QED) is 0.153. The number of nitro benzene ring substituents is 1. The number of nitrogens with one attached hydrogen (secondary N) is 2. The molecule has 1 heterocycles. The number of thioether (sulfide) groups is 1. The predicted octanol–water partition coefficient (Wildman–Crippen LogP) is 4.61. The summed E-state index contributed by atoms with van der Waals surface area (Å²) in [6.45, 7) is 0.0392. The van der Waals surface area contributed by atoms with Crippen LogP contribution in [0.25, 0.3) is 5.69 Å². The predicted molar refractivity (Wildman–Crippen MR) is 146 cm³/mol. The monoisotopic (exact) mass is 596 g/mol. The van der Waals surface area contributed by atoms with Crippen molar-refractivity contribution in [2.24, 2.45) is 0 Å². The summed E-state index contributed by atoms with van der Waals surface area (Å²) in [6.07, 6.45) is 0. The van der Waals surface area contributed by atoms with Crippen molar-refractivity contribution in [2.75, 3.05) is 18.2 Å². The second kappa shape index (κ2) is 12.3. The second-order valence-electron chi connectivity index (χ2n) is 7.76. The van der Waals surface area contributed by atoms with E-state index in [1.54, 1.807) is 35.9 Å². The van der Waals surface area contributed by atoms with E-state index in [0.717, 1.165) is 10.2 Å². The number of nitro groups is 1. The van der Waals surface area contributed by atoms with E-state index in [4.69, 9.17) is 4.74 Å². The number of ether oxygens (including phenoxy) is 1. The average Bonchev–Trinajstić information content (AvgIpc) is 3.34. The van der Waals surface area contributed by atoms with Gasteiger partial charge in [0.05, 0.1) is 24.3 Å². The van der Waals surface area contributed by atoms with Gasteiger partial charge in [0.25, 0.3) is 11.6 Å². The Morgan fingerprint density at radius 3 is 2.34 bits per heavy atom. The molecule has 0 unspecified atom stereocenters. The molecule has 0 saturated heterocycles. The summed E-state index contributed by atoms with van der Waals surface area (Å²) in [5, 5.41) is 25.4. The Morgan fingerprint density at radius 1 is 1.03 bits per heavy atom. The van der Waals surface area contributed by atoms with Crippen LogP contribution in [0.1, 0.15) is 16.2 Å². The zero-order chi connectivity index (χ0) is 27.1. The van der Waals surface area contributed by atoms with Crippen LogP contribution in [0.3, 0.4) is 0 Å². The number of hydrogen-bond acceptors (Lipinski definition) is 8. The fourth-order valence-corrected chi connectivity index (χ4v) is 4.39. The van der Waals surface area contributed by atoms with Gasteiger partial charge in [-0.25, -0.2) is 0 Å². The van der Waals surface area contributed by atoms with Gasteiger partial charge in [0.15, 0.2) is 11.0 Å². The van der Waals surface area contributed by atoms with Crippen LogP contribution < -0.4 is 15.4 Å². The summed E-state index contributed by atoms with van der Waals surface area (Å²) in [5.74, 6) is 0.571. The van der Waals surface area contributed by atoms with Crippen LogP contribution in [-0.2, 0) is 11.3 Å². The molecule has 0 radical (unpaired) electrons. The number of aromatic nitrogens is 3. The van der Waals surface area contributed by atoms with E-state index in [1.807, 2.05) is 24.3 Å². The topological polar surface area (TPSA) is 141 Å². The number of non-ortho nitro benzene ring substituents is 1. The molecule has 0 atom stereocenters. The van der Waals surface area contributed by atoms with E-state index in [0.29, 0.717) is 22.4 Å². The van der Waals surface area contributed by atoms with Gasteiger partial charge in [-0.2, -0.15) is 0 Å². The standard InChI is InChI=1S/C25H21BrN6O5S/c1-37-21-12-6-18(7-13-21)28-23(33)15-38-25-30-29-22(31(25)19-10-4-17(26)5-11-19)14-27-24(34)16-2-8-20(9-3-16)32(35)36/h2-13H,14-15H2,1H3,(H,27,34)(H,28,33). The molecule has 0 fully saturated rings. The molecule has 11 nitrogen and oxygen atoms in total. The Morgan fingerprint density at radius 2 is 1.71 bits per heavy atom. The molecule has 0 aliphatic rings. The minimum Gasteiger partial charge on any atom is -0.497 e. The zero-order valence-electron chi connectivity index (χ0n) is 20.0. The molecule has 2 amide bonds. The van der Waals surface area contributed by atoms with Gasteiger partial charge in [-0.3, -0.25) is 24.3 Å². The van der Waals surface area contributed by atoms with Crippen molar-refractivity contribution in [2.45, 2.75) is 11.7 Å². The van der Waals surface area contributed by atoms with E-state index in [9.17, 15) is 19.7 Å². The number of halogens is 1. The van der Waals surface area contributed by atoms with Crippen molar-refractivity contribution in [3.63, 3.8) is 0 Å². The SMILES string of the molecule is COc1ccc(NC(=O)CSc2nnc(CNC(=O)c3ccc([N+](=O)[O-])cc3)n2-c2ccc(Br)cc2)cc1. The molecule has 0 aliphatic carbocycles. The van der Waals surface area contributed by atoms with Crippen molar-refractivity contribution < 1.29 is 19.2 Å². The lowest BCUT2D eigenvalue weighted by Crippen LogP contribution is -2.24. The van der Waals surface area contributed by atoms with Gasteiger partial charge in [0.1, 0.15) is 5.75 Å². The fraction of sp³-hybridized carbons (Fsp3) is 0.120. The summed E-state index contributed by atoms with van der Waals surface area (Å²) in [4.78, 5) is 35.5. The van der Waals surface area contributed by atoms with Crippen LogP contribution in [-0.4, -0.2) is 44.4 Å². The maximum Gasteiger partial charge on any atom is 0.269 e. The summed E-state index contributed by atoms with van der Waals surface area (Å²) in [6, 6.07) is 19.7. The minimum atomic E-state index is -0.529. The smallest absolute Gasteiger partial charge is 0.269 e. The van der Waals surface area contributed by atoms with Gasteiger partial charge in [-0.15, -0.1) is 10.2 Å². The van der Waals surface area contributed by atoms with E-state index < -0.39 is 10.8 Å². The Kier molecular flexibility index (Phi) is 8.71. The van der Waals surface area contributed by atoms with Gasteiger partial charge in [0, 0.05) is 33.5 Å². The molecule has 1 aromatic heterocycles. The van der Waals surface area contributed by atoms with Crippen LogP contribution in [0, 0.1) is 10.1 Å². The second-order valence-corrected chi connectivity index (χ2v) is 9.62. The average molecular weight is 597 g/mol. The van der Waals surface area contributed by atoms with Crippen LogP contribution in [0.15, 0.2) is 82.4 Å². The Bertz CT molecular complexity index is 1440. The van der Waals surface area contributed by atoms with E-state index >= 15 is 0 Å². The van der Waals surface area contributed by atoms with Crippen LogP contribution in [0.5, 0.6) is 5.75 Å². The van der Waals surface area contributed by atoms with Crippen LogP contribution >= 0.6 is 27.7 Å². The maximum atomic E-state index is 12.6. The lowest BCUT2D eigenvalue weighted by atomic mass is 10.2. The first kappa shape index (κ1) is 26.8. The highest BCUT2D eigenvalue weighted by Gasteiger charge is 2.18. The van der Waals surface area contributed by atoms with Gasteiger partial charge < -0.3 is 15.4 Å². The van der Waals surface area contributed by atoms with E-state index in [-0.39, 0.29) is 29.5 Å². The fourth-order valence-electron chi connectivity index (χ4n) is 3.36. The summed E-state index contributed by atoms with van der Waals surface area (Å²) in [5.41, 5.74) is 1.56. The molecule has 0 spiro atoms. The first-order chi connectivity index (χ1) is 18.3. The highest BCUT2D eigenvalue weighted by Crippen LogP contribution is 2.24. The molecule has 13 heteroatoms. The Hall–Kier alpha value is -4.23. The number of hydrogen-bond donors (Lipinski definition) is 2. The normalized spacial score (nSPS) is 10.6. The molecule has 3 aromatic carbocycles. The highest BCUT2D eigenvalue weighted by molar-refractivity contribution is 9.10. The molecular weight excluding hydrogens is 576 g/mol. The minimum absolute atomic E-state index is 0.0392. The summed E-state index contributed by atoms with van der Waals surface area (Å²) < 4.78 is 7.77. The number of amides is 2. The van der Waals surface area contributed by atoms with Crippen LogP contribution in [0.4, 0.5) is 11.4 Å². The van der Waals surface area contributed by atoms with E-state index in [2.05, 4.69) is 36.8 Å². The molecule has 194 valence electrons. The highest BCUT2D eigenvalue weighted by atomic mass is 79.9. The van der Waals surface area contributed by atoms with Gasteiger partial charge in [-0.1, -0.05) is 27.7 Å². The van der Waals surface area contributed by atoms with Crippen molar-refractivity contribution in [1.82, 2.24) is 20.1 Å².